The maximum absolute atomic E-state index is 12.8. The predicted octanol–water partition coefficient (Wildman–Crippen LogP) is 3.33. The van der Waals surface area contributed by atoms with Gasteiger partial charge in [0.25, 0.3) is 5.91 Å². The van der Waals surface area contributed by atoms with E-state index >= 15 is 0 Å². The third-order valence-electron chi connectivity index (χ3n) is 5.74. The SMILES string of the molecule is Cn1cc(-c2ccc(Cc3cc(C(=O)N[C@H]4CCC[C@@H]4O)nc4ccsc34)cn2)cn1. The molecule has 4 aromatic heterocycles. The quantitative estimate of drug-likeness (QED) is 0.504. The van der Waals surface area contributed by atoms with Gasteiger partial charge in [-0.15, -0.1) is 11.3 Å². The van der Waals surface area contributed by atoms with Crippen molar-refractivity contribution in [3.8, 4) is 11.3 Å². The van der Waals surface area contributed by atoms with Crippen molar-refractivity contribution in [1.29, 1.82) is 0 Å². The van der Waals surface area contributed by atoms with Gasteiger partial charge in [-0.3, -0.25) is 14.5 Å². The number of fused-ring (bicyclic) bond motifs is 1. The summed E-state index contributed by atoms with van der Waals surface area (Å²) in [6.45, 7) is 0. The molecule has 1 aliphatic carbocycles. The number of hydrogen-bond donors (Lipinski definition) is 2. The number of carbonyl (C=O) groups excluding carboxylic acids is 1. The molecule has 4 heterocycles. The zero-order valence-corrected chi connectivity index (χ0v) is 18.0. The molecule has 158 valence electrons. The molecule has 2 N–H and O–H groups in total. The Morgan fingerprint density at radius 3 is 2.90 bits per heavy atom. The van der Waals surface area contributed by atoms with Gasteiger partial charge < -0.3 is 10.4 Å². The van der Waals surface area contributed by atoms with Gasteiger partial charge in [0.15, 0.2) is 0 Å². The summed E-state index contributed by atoms with van der Waals surface area (Å²) in [7, 11) is 1.88. The Kier molecular flexibility index (Phi) is 5.25. The lowest BCUT2D eigenvalue weighted by Crippen LogP contribution is -2.40. The van der Waals surface area contributed by atoms with E-state index < -0.39 is 6.10 Å². The van der Waals surface area contributed by atoms with Gasteiger partial charge in [-0.25, -0.2) is 4.98 Å². The van der Waals surface area contributed by atoms with Crippen LogP contribution in [0, 0.1) is 0 Å². The van der Waals surface area contributed by atoms with Crippen LogP contribution in [0.2, 0.25) is 0 Å². The molecule has 0 spiro atoms. The van der Waals surface area contributed by atoms with Crippen LogP contribution < -0.4 is 5.32 Å². The molecule has 0 unspecified atom stereocenters. The van der Waals surface area contributed by atoms with Crippen molar-refractivity contribution >= 4 is 27.5 Å². The summed E-state index contributed by atoms with van der Waals surface area (Å²) in [4.78, 5) is 22.0. The minimum absolute atomic E-state index is 0.194. The molecular weight excluding hydrogens is 410 g/mol. The number of aryl methyl sites for hydroxylation is 1. The highest BCUT2D eigenvalue weighted by atomic mass is 32.1. The lowest BCUT2D eigenvalue weighted by molar-refractivity contribution is 0.0868. The highest BCUT2D eigenvalue weighted by molar-refractivity contribution is 7.17. The van der Waals surface area contributed by atoms with Crippen LogP contribution in [0.3, 0.4) is 0 Å². The van der Waals surface area contributed by atoms with Gasteiger partial charge in [0.2, 0.25) is 0 Å². The first-order chi connectivity index (χ1) is 15.1. The predicted molar refractivity (Wildman–Crippen MR) is 120 cm³/mol. The lowest BCUT2D eigenvalue weighted by atomic mass is 10.0. The molecule has 4 aromatic rings. The lowest BCUT2D eigenvalue weighted by Gasteiger charge is -2.16. The summed E-state index contributed by atoms with van der Waals surface area (Å²) in [5.41, 5.74) is 5.17. The van der Waals surface area contributed by atoms with Gasteiger partial charge in [0.1, 0.15) is 5.69 Å². The Labute approximate surface area is 183 Å². The molecule has 0 aromatic carbocycles. The van der Waals surface area contributed by atoms with Gasteiger partial charge in [0, 0.05) is 31.4 Å². The van der Waals surface area contributed by atoms with Crippen molar-refractivity contribution in [3.05, 3.63) is 65.1 Å². The van der Waals surface area contributed by atoms with Crippen molar-refractivity contribution in [1.82, 2.24) is 25.1 Å². The molecule has 2 atom stereocenters. The zero-order chi connectivity index (χ0) is 21.4. The summed E-state index contributed by atoms with van der Waals surface area (Å²) >= 11 is 1.62. The molecule has 0 aliphatic heterocycles. The van der Waals surface area contributed by atoms with Crippen LogP contribution in [0.5, 0.6) is 0 Å². The second kappa shape index (κ2) is 8.20. The number of aliphatic hydroxyl groups is 1. The minimum atomic E-state index is -0.474. The molecule has 7 nitrogen and oxygen atoms in total. The average Bonchev–Trinajstić information content (AvgIpc) is 3.50. The van der Waals surface area contributed by atoms with E-state index in [-0.39, 0.29) is 11.9 Å². The van der Waals surface area contributed by atoms with E-state index in [4.69, 9.17) is 0 Å². The number of nitrogens with zero attached hydrogens (tertiary/aromatic N) is 4. The molecule has 1 aliphatic rings. The summed E-state index contributed by atoms with van der Waals surface area (Å²) in [5.74, 6) is -0.231. The number of amides is 1. The Bertz CT molecular complexity index is 1230. The van der Waals surface area contributed by atoms with Gasteiger partial charge in [-0.05, 0) is 54.0 Å². The van der Waals surface area contributed by atoms with E-state index in [0.717, 1.165) is 51.9 Å². The summed E-state index contributed by atoms with van der Waals surface area (Å²) in [5, 5.41) is 19.2. The minimum Gasteiger partial charge on any atom is -0.391 e. The third kappa shape index (κ3) is 4.08. The Hall–Kier alpha value is -3.10. The van der Waals surface area contributed by atoms with Crippen LogP contribution in [-0.4, -0.2) is 42.9 Å². The maximum atomic E-state index is 12.8. The first kappa shape index (κ1) is 19.8. The number of thiophene rings is 1. The number of rotatable bonds is 5. The highest BCUT2D eigenvalue weighted by Gasteiger charge is 2.27. The van der Waals surface area contributed by atoms with Crippen LogP contribution in [0.4, 0.5) is 0 Å². The zero-order valence-electron chi connectivity index (χ0n) is 17.2. The van der Waals surface area contributed by atoms with Gasteiger partial charge in [0.05, 0.1) is 34.3 Å². The molecule has 0 bridgehead atoms. The molecular formula is C23H23N5O2S. The highest BCUT2D eigenvalue weighted by Crippen LogP contribution is 2.27. The van der Waals surface area contributed by atoms with E-state index in [1.54, 1.807) is 22.2 Å². The number of carbonyl (C=O) groups is 1. The van der Waals surface area contributed by atoms with Crippen molar-refractivity contribution in [2.24, 2.45) is 7.05 Å². The van der Waals surface area contributed by atoms with Crippen molar-refractivity contribution in [2.45, 2.75) is 37.8 Å². The number of pyridine rings is 2. The van der Waals surface area contributed by atoms with Crippen LogP contribution in [0.25, 0.3) is 21.5 Å². The van der Waals surface area contributed by atoms with Gasteiger partial charge in [-0.2, -0.15) is 5.10 Å². The monoisotopic (exact) mass is 433 g/mol. The van der Waals surface area contributed by atoms with Crippen molar-refractivity contribution in [2.75, 3.05) is 0 Å². The fourth-order valence-electron chi connectivity index (χ4n) is 4.10. The van der Waals surface area contributed by atoms with E-state index in [9.17, 15) is 9.90 Å². The van der Waals surface area contributed by atoms with Gasteiger partial charge in [-0.1, -0.05) is 6.07 Å². The summed E-state index contributed by atoms with van der Waals surface area (Å²) in [6.07, 6.45) is 8.25. The molecule has 0 saturated heterocycles. The largest absolute Gasteiger partial charge is 0.391 e. The van der Waals surface area contributed by atoms with E-state index in [1.807, 2.05) is 43.0 Å². The number of aliphatic hydroxyl groups excluding tert-OH is 1. The third-order valence-corrected chi connectivity index (χ3v) is 6.72. The molecule has 1 amide bonds. The number of aromatic nitrogens is 4. The first-order valence-electron chi connectivity index (χ1n) is 10.4. The van der Waals surface area contributed by atoms with Crippen molar-refractivity contribution in [3.63, 3.8) is 0 Å². The molecule has 0 radical (unpaired) electrons. The van der Waals surface area contributed by atoms with Crippen LogP contribution in [0.15, 0.2) is 48.2 Å². The molecule has 31 heavy (non-hydrogen) atoms. The fraction of sp³-hybridized carbons (Fsp3) is 0.304. The van der Waals surface area contributed by atoms with Crippen LogP contribution >= 0.6 is 11.3 Å². The summed E-state index contributed by atoms with van der Waals surface area (Å²) < 4.78 is 2.83. The van der Waals surface area contributed by atoms with Crippen LogP contribution in [-0.2, 0) is 13.5 Å². The van der Waals surface area contributed by atoms with Crippen LogP contribution in [0.1, 0.15) is 40.9 Å². The number of hydrogen-bond acceptors (Lipinski definition) is 6. The number of nitrogens with one attached hydrogen (secondary N) is 1. The Morgan fingerprint density at radius 1 is 1.29 bits per heavy atom. The second-order valence-electron chi connectivity index (χ2n) is 8.01. The maximum Gasteiger partial charge on any atom is 0.270 e. The average molecular weight is 434 g/mol. The topological polar surface area (TPSA) is 92.9 Å². The normalized spacial score (nSPS) is 18.5. The molecule has 5 rings (SSSR count). The molecule has 8 heteroatoms. The van der Waals surface area contributed by atoms with E-state index in [1.165, 1.54) is 0 Å². The Balaban J connectivity index is 1.40. The van der Waals surface area contributed by atoms with Crippen molar-refractivity contribution < 1.29 is 9.90 Å². The summed E-state index contributed by atoms with van der Waals surface area (Å²) in [6, 6.07) is 7.66. The van der Waals surface area contributed by atoms with Gasteiger partial charge >= 0.3 is 0 Å². The first-order valence-corrected chi connectivity index (χ1v) is 11.2. The van der Waals surface area contributed by atoms with E-state index in [0.29, 0.717) is 12.1 Å². The molecule has 1 fully saturated rings. The molecule has 1 saturated carbocycles. The van der Waals surface area contributed by atoms with E-state index in [2.05, 4.69) is 26.4 Å². The fourth-order valence-corrected chi connectivity index (χ4v) is 4.95. The second-order valence-corrected chi connectivity index (χ2v) is 8.93. The standard InChI is InChI=1S/C23H23N5O2S/c1-28-13-16(12-25-28)17-6-5-14(11-24-17)9-15-10-20(26-19-7-8-31-22(15)19)23(30)27-18-3-2-4-21(18)29/h5-8,10-13,18,21,29H,2-4,9H2,1H3,(H,27,30)/t18-,21-/m0/s1. The smallest absolute Gasteiger partial charge is 0.270 e. The Morgan fingerprint density at radius 2 is 2.19 bits per heavy atom.